The average Bonchev–Trinajstić information content (AvgIpc) is 3.43. The SMILES string of the molecule is CNC(=O)c1c(-c2ccc(F)cc2)oc2cc(N(C)S(C)(=O)=O)c(-c3ccc4c(n3)C(=O)N(Cc3ccc(OC)cc3)CO4)cc12. The van der Waals surface area contributed by atoms with Crippen LogP contribution in [0.15, 0.2) is 77.2 Å². The summed E-state index contributed by atoms with van der Waals surface area (Å²) < 4.78 is 57.5. The second-order valence-electron chi connectivity index (χ2n) is 10.7. The van der Waals surface area contributed by atoms with E-state index in [9.17, 15) is 22.4 Å². The number of nitrogens with one attached hydrogen (secondary N) is 1. The fraction of sp³-hybridized carbons (Fsp3) is 0.182. The van der Waals surface area contributed by atoms with Crippen molar-refractivity contribution in [1.29, 1.82) is 0 Å². The number of nitrogens with zero attached hydrogens (tertiary/aromatic N) is 3. The van der Waals surface area contributed by atoms with E-state index in [2.05, 4.69) is 10.3 Å². The van der Waals surface area contributed by atoms with Gasteiger partial charge in [-0.15, -0.1) is 0 Å². The molecule has 0 bridgehead atoms. The van der Waals surface area contributed by atoms with Gasteiger partial charge in [0.15, 0.2) is 18.2 Å². The maximum Gasteiger partial charge on any atom is 0.279 e. The summed E-state index contributed by atoms with van der Waals surface area (Å²) in [6.07, 6.45) is 1.05. The van der Waals surface area contributed by atoms with Crippen molar-refractivity contribution in [1.82, 2.24) is 15.2 Å². The molecule has 1 N–H and O–H groups in total. The molecular weight excluding hydrogens is 615 g/mol. The van der Waals surface area contributed by atoms with E-state index in [0.29, 0.717) is 22.3 Å². The Balaban J connectivity index is 1.49. The highest BCUT2D eigenvalue weighted by Crippen LogP contribution is 2.41. The van der Waals surface area contributed by atoms with Gasteiger partial charge in [0.05, 0.1) is 30.3 Å². The Labute approximate surface area is 264 Å². The maximum atomic E-state index is 13.7. The molecule has 3 heterocycles. The van der Waals surface area contributed by atoms with Crippen molar-refractivity contribution >= 4 is 38.5 Å². The Morgan fingerprint density at radius 1 is 1.09 bits per heavy atom. The van der Waals surface area contributed by atoms with Gasteiger partial charge in [-0.3, -0.25) is 18.8 Å². The topological polar surface area (TPSA) is 131 Å². The van der Waals surface area contributed by atoms with Gasteiger partial charge >= 0.3 is 0 Å². The molecule has 2 amide bonds. The van der Waals surface area contributed by atoms with Crippen LogP contribution in [0.3, 0.4) is 0 Å². The van der Waals surface area contributed by atoms with Gasteiger partial charge in [0, 0.05) is 43.2 Å². The van der Waals surface area contributed by atoms with Crippen molar-refractivity contribution in [3.8, 4) is 34.1 Å². The lowest BCUT2D eigenvalue weighted by Crippen LogP contribution is -2.38. The molecule has 0 saturated carbocycles. The fourth-order valence-electron chi connectivity index (χ4n) is 5.22. The molecule has 0 unspecified atom stereocenters. The van der Waals surface area contributed by atoms with Gasteiger partial charge in [0.25, 0.3) is 11.8 Å². The molecule has 46 heavy (non-hydrogen) atoms. The zero-order valence-corrected chi connectivity index (χ0v) is 26.1. The van der Waals surface area contributed by atoms with Crippen molar-refractivity contribution in [3.05, 3.63) is 95.4 Å². The second kappa shape index (κ2) is 11.8. The van der Waals surface area contributed by atoms with Crippen molar-refractivity contribution in [3.63, 3.8) is 0 Å². The van der Waals surface area contributed by atoms with Crippen LogP contribution >= 0.6 is 0 Å². The minimum absolute atomic E-state index is 0.0174. The smallest absolute Gasteiger partial charge is 0.279 e. The Morgan fingerprint density at radius 2 is 1.80 bits per heavy atom. The summed E-state index contributed by atoms with van der Waals surface area (Å²) in [6, 6.07) is 19.1. The summed E-state index contributed by atoms with van der Waals surface area (Å²) in [6.45, 7) is 0.280. The molecule has 6 rings (SSSR count). The molecule has 0 fully saturated rings. The van der Waals surface area contributed by atoms with E-state index in [1.807, 2.05) is 12.1 Å². The summed E-state index contributed by atoms with van der Waals surface area (Å²) in [7, 11) is 0.646. The van der Waals surface area contributed by atoms with E-state index in [4.69, 9.17) is 13.9 Å². The number of halogens is 1. The molecule has 0 saturated heterocycles. The molecule has 0 spiro atoms. The summed E-state index contributed by atoms with van der Waals surface area (Å²) in [5, 5.41) is 2.97. The largest absolute Gasteiger partial charge is 0.497 e. The number of sulfonamides is 1. The number of carbonyl (C=O) groups excluding carboxylic acids is 2. The Bertz CT molecular complexity index is 2100. The van der Waals surface area contributed by atoms with E-state index in [0.717, 1.165) is 16.1 Å². The number of aromatic nitrogens is 1. The maximum absolute atomic E-state index is 13.7. The third-order valence-corrected chi connectivity index (χ3v) is 8.93. The van der Waals surface area contributed by atoms with Crippen molar-refractivity contribution in [2.45, 2.75) is 6.54 Å². The molecule has 11 nitrogen and oxygen atoms in total. The van der Waals surface area contributed by atoms with E-state index in [1.54, 1.807) is 37.4 Å². The highest BCUT2D eigenvalue weighted by atomic mass is 32.2. The molecule has 2 aromatic heterocycles. The third-order valence-electron chi connectivity index (χ3n) is 7.74. The van der Waals surface area contributed by atoms with E-state index < -0.39 is 21.7 Å². The van der Waals surface area contributed by atoms with Crippen molar-refractivity contribution in [2.24, 2.45) is 0 Å². The van der Waals surface area contributed by atoms with Gasteiger partial charge in [-0.05, 0) is 60.2 Å². The van der Waals surface area contributed by atoms with Gasteiger partial charge in [0.2, 0.25) is 10.0 Å². The number of furan rings is 1. The molecule has 0 aliphatic carbocycles. The second-order valence-corrected chi connectivity index (χ2v) is 12.7. The predicted molar refractivity (Wildman–Crippen MR) is 170 cm³/mol. The van der Waals surface area contributed by atoms with Crippen LogP contribution in [-0.4, -0.2) is 64.3 Å². The zero-order chi connectivity index (χ0) is 32.7. The van der Waals surface area contributed by atoms with Crippen molar-refractivity contribution < 1.29 is 36.3 Å². The number of hydrogen-bond acceptors (Lipinski definition) is 8. The van der Waals surface area contributed by atoms with Crippen LogP contribution in [0.2, 0.25) is 0 Å². The van der Waals surface area contributed by atoms with Crippen molar-refractivity contribution in [2.75, 3.05) is 38.5 Å². The van der Waals surface area contributed by atoms with E-state index in [-0.39, 0.29) is 58.9 Å². The number of benzene rings is 3. The minimum atomic E-state index is -3.78. The molecule has 236 valence electrons. The van der Waals surface area contributed by atoms with Gasteiger partial charge in [-0.2, -0.15) is 0 Å². The number of carbonyl (C=O) groups is 2. The standard InChI is InChI=1S/C33H29FN4O7S/c1-35-32(39)29-24-15-23(26(37(2)46(4,41)42)16-28(24)45-31(29)20-7-9-21(34)10-8-20)25-13-14-27-30(36-25)33(40)38(18-44-27)17-19-5-11-22(43-3)12-6-19/h5-16H,17-18H2,1-4H3,(H,35,39). The first kappa shape index (κ1) is 30.6. The van der Waals surface area contributed by atoms with Gasteiger partial charge in [0.1, 0.15) is 22.9 Å². The Kier molecular flexibility index (Phi) is 7.86. The number of anilines is 1. The summed E-state index contributed by atoms with van der Waals surface area (Å²) in [4.78, 5) is 33.0. The number of rotatable bonds is 8. The lowest BCUT2D eigenvalue weighted by molar-refractivity contribution is 0.0488. The van der Waals surface area contributed by atoms with Crippen LogP contribution in [0, 0.1) is 5.82 Å². The number of methoxy groups -OCH3 is 1. The highest BCUT2D eigenvalue weighted by Gasteiger charge is 2.30. The Hall–Kier alpha value is -5.43. The summed E-state index contributed by atoms with van der Waals surface area (Å²) in [5.41, 5.74) is 2.53. The van der Waals surface area contributed by atoms with Gasteiger partial charge in [-0.1, -0.05) is 12.1 Å². The van der Waals surface area contributed by atoms with Crippen LogP contribution in [0.5, 0.6) is 11.5 Å². The average molecular weight is 645 g/mol. The predicted octanol–water partition coefficient (Wildman–Crippen LogP) is 5.06. The lowest BCUT2D eigenvalue weighted by atomic mass is 10.0. The molecule has 0 atom stereocenters. The molecule has 1 aliphatic rings. The molecule has 13 heteroatoms. The van der Waals surface area contributed by atoms with Crippen LogP contribution in [0.4, 0.5) is 10.1 Å². The molecule has 1 aliphatic heterocycles. The normalized spacial score (nSPS) is 12.9. The fourth-order valence-corrected chi connectivity index (χ4v) is 5.73. The van der Waals surface area contributed by atoms with E-state index in [1.165, 1.54) is 49.3 Å². The molecule has 3 aromatic carbocycles. The number of hydrogen-bond donors (Lipinski definition) is 1. The summed E-state index contributed by atoms with van der Waals surface area (Å²) >= 11 is 0. The minimum Gasteiger partial charge on any atom is -0.497 e. The molecule has 0 radical (unpaired) electrons. The zero-order valence-electron chi connectivity index (χ0n) is 25.3. The van der Waals surface area contributed by atoms with Gasteiger partial charge in [-0.25, -0.2) is 17.8 Å². The highest BCUT2D eigenvalue weighted by molar-refractivity contribution is 7.92. The molecule has 5 aromatic rings. The first-order chi connectivity index (χ1) is 22.0. The first-order valence-corrected chi connectivity index (χ1v) is 15.9. The number of fused-ring (bicyclic) bond motifs is 2. The van der Waals surface area contributed by atoms with Crippen LogP contribution in [0.1, 0.15) is 26.4 Å². The van der Waals surface area contributed by atoms with Crippen LogP contribution < -0.4 is 19.1 Å². The summed E-state index contributed by atoms with van der Waals surface area (Å²) in [5.74, 6) is -0.145. The third kappa shape index (κ3) is 5.60. The first-order valence-electron chi connectivity index (χ1n) is 14.1. The quantitative estimate of drug-likeness (QED) is 0.248. The van der Waals surface area contributed by atoms with Crippen LogP contribution in [0.25, 0.3) is 33.6 Å². The van der Waals surface area contributed by atoms with Crippen LogP contribution in [-0.2, 0) is 16.6 Å². The van der Waals surface area contributed by atoms with E-state index >= 15 is 0 Å². The number of amides is 2. The Morgan fingerprint density at radius 3 is 2.46 bits per heavy atom. The van der Waals surface area contributed by atoms with Gasteiger partial charge < -0.3 is 19.2 Å². The lowest BCUT2D eigenvalue weighted by Gasteiger charge is -2.28. The monoisotopic (exact) mass is 644 g/mol. The number of ether oxygens (including phenoxy) is 2. The molecular formula is C33H29FN4O7S. The number of pyridine rings is 1.